The van der Waals surface area contributed by atoms with E-state index in [4.69, 9.17) is 16.3 Å². The van der Waals surface area contributed by atoms with Crippen molar-refractivity contribution >= 4 is 17.4 Å². The summed E-state index contributed by atoms with van der Waals surface area (Å²) in [4.78, 5) is 4.14. The number of anilines is 1. The first kappa shape index (κ1) is 11.3. The second-order valence-corrected chi connectivity index (χ2v) is 3.44. The maximum atomic E-state index is 5.77. The molecule has 3 nitrogen and oxygen atoms in total. The molecule has 0 aliphatic rings. The van der Waals surface area contributed by atoms with Gasteiger partial charge >= 0.3 is 0 Å². The average Bonchev–Trinajstić information content (AvgIpc) is 2.17. The van der Waals surface area contributed by atoms with Crippen LogP contribution >= 0.6 is 11.6 Å². The van der Waals surface area contributed by atoms with Gasteiger partial charge in [0.15, 0.2) is 0 Å². The van der Waals surface area contributed by atoms with Crippen LogP contribution in [0.2, 0.25) is 5.15 Å². The molecule has 0 radical (unpaired) electrons. The zero-order chi connectivity index (χ0) is 10.4. The zero-order valence-electron chi connectivity index (χ0n) is 8.46. The summed E-state index contributed by atoms with van der Waals surface area (Å²) in [6, 6.07) is 5.80. The molecule has 0 amide bonds. The van der Waals surface area contributed by atoms with E-state index in [1.165, 1.54) is 0 Å². The maximum Gasteiger partial charge on any atom is 0.131 e. The Hall–Kier alpha value is -0.800. The van der Waals surface area contributed by atoms with Crippen LogP contribution in [0.25, 0.3) is 0 Å². The molecule has 1 rings (SSSR count). The molecule has 0 spiro atoms. The molecule has 14 heavy (non-hydrogen) atoms. The third kappa shape index (κ3) is 3.52. The van der Waals surface area contributed by atoms with Crippen molar-refractivity contribution in [3.05, 3.63) is 23.4 Å². The van der Waals surface area contributed by atoms with E-state index in [2.05, 4.69) is 17.2 Å². The molecular weight excluding hydrogens is 200 g/mol. The van der Waals surface area contributed by atoms with Crippen molar-refractivity contribution in [1.29, 1.82) is 0 Å². The van der Waals surface area contributed by atoms with Gasteiger partial charge in [-0.3, -0.25) is 0 Å². The fraction of sp³-hybridized carbons (Fsp3) is 0.500. The zero-order valence-corrected chi connectivity index (χ0v) is 9.21. The van der Waals surface area contributed by atoms with Gasteiger partial charge in [-0.15, -0.1) is 0 Å². The average molecular weight is 215 g/mol. The van der Waals surface area contributed by atoms with Crippen LogP contribution in [0.15, 0.2) is 18.2 Å². The summed E-state index contributed by atoms with van der Waals surface area (Å²) in [6.45, 7) is 2.77. The van der Waals surface area contributed by atoms with E-state index in [1.807, 2.05) is 12.1 Å². The van der Waals surface area contributed by atoms with Crippen molar-refractivity contribution in [1.82, 2.24) is 4.98 Å². The van der Waals surface area contributed by atoms with Crippen LogP contribution in [-0.2, 0) is 4.74 Å². The third-order valence-corrected chi connectivity index (χ3v) is 2.14. The lowest BCUT2D eigenvalue weighted by Gasteiger charge is -2.16. The molecule has 0 bridgehead atoms. The number of halogens is 1. The summed E-state index contributed by atoms with van der Waals surface area (Å²) >= 11 is 5.77. The number of hydrogen-bond acceptors (Lipinski definition) is 3. The standard InChI is InChI=1S/C10H15ClN2O/c1-3-8(7-14-2)12-10-6-4-5-9(11)13-10/h4-6,8H,3,7H2,1-2H3,(H,12,13). The fourth-order valence-electron chi connectivity index (χ4n) is 1.16. The molecule has 78 valence electrons. The van der Waals surface area contributed by atoms with Gasteiger partial charge in [0, 0.05) is 7.11 Å². The Morgan fingerprint density at radius 1 is 1.57 bits per heavy atom. The second kappa shape index (κ2) is 5.83. The largest absolute Gasteiger partial charge is 0.383 e. The van der Waals surface area contributed by atoms with Crippen LogP contribution in [0, 0.1) is 0 Å². The normalized spacial score (nSPS) is 12.5. The molecule has 1 aromatic rings. The van der Waals surface area contributed by atoms with Gasteiger partial charge in [0.2, 0.25) is 0 Å². The highest BCUT2D eigenvalue weighted by Crippen LogP contribution is 2.11. The maximum absolute atomic E-state index is 5.77. The molecule has 1 unspecified atom stereocenters. The molecule has 0 aliphatic carbocycles. The minimum atomic E-state index is 0.283. The predicted molar refractivity (Wildman–Crippen MR) is 58.8 cm³/mol. The molecule has 0 saturated carbocycles. The van der Waals surface area contributed by atoms with Crippen LogP contribution in [0.5, 0.6) is 0 Å². The topological polar surface area (TPSA) is 34.1 Å². The Kier molecular flexibility index (Phi) is 4.70. The van der Waals surface area contributed by atoms with Crippen LogP contribution < -0.4 is 5.32 Å². The van der Waals surface area contributed by atoms with Crippen molar-refractivity contribution < 1.29 is 4.74 Å². The number of nitrogens with one attached hydrogen (secondary N) is 1. The fourth-order valence-corrected chi connectivity index (χ4v) is 1.32. The van der Waals surface area contributed by atoms with E-state index in [9.17, 15) is 0 Å². The summed E-state index contributed by atoms with van der Waals surface area (Å²) in [6.07, 6.45) is 0.988. The molecule has 1 heterocycles. The van der Waals surface area contributed by atoms with Crippen LogP contribution in [0.1, 0.15) is 13.3 Å². The Labute approximate surface area is 89.4 Å². The third-order valence-electron chi connectivity index (χ3n) is 1.93. The van der Waals surface area contributed by atoms with Crippen molar-refractivity contribution in [2.75, 3.05) is 19.0 Å². The summed E-state index contributed by atoms with van der Waals surface area (Å²) in [5, 5.41) is 3.75. The molecule has 1 aromatic heterocycles. The predicted octanol–water partition coefficient (Wildman–Crippen LogP) is 2.57. The van der Waals surface area contributed by atoms with E-state index in [0.29, 0.717) is 11.8 Å². The highest BCUT2D eigenvalue weighted by molar-refractivity contribution is 6.29. The van der Waals surface area contributed by atoms with Crippen molar-refractivity contribution in [2.24, 2.45) is 0 Å². The highest BCUT2D eigenvalue weighted by atomic mass is 35.5. The monoisotopic (exact) mass is 214 g/mol. The summed E-state index contributed by atoms with van der Waals surface area (Å²) in [7, 11) is 1.69. The van der Waals surface area contributed by atoms with Gasteiger partial charge < -0.3 is 10.1 Å². The van der Waals surface area contributed by atoms with Gasteiger partial charge in [-0.25, -0.2) is 4.98 Å². The molecule has 1 N–H and O–H groups in total. The summed E-state index contributed by atoms with van der Waals surface area (Å²) in [5.74, 6) is 0.793. The van der Waals surface area contributed by atoms with Crippen LogP contribution in [-0.4, -0.2) is 24.7 Å². The number of aromatic nitrogens is 1. The number of methoxy groups -OCH3 is 1. The number of pyridine rings is 1. The van der Waals surface area contributed by atoms with E-state index in [0.717, 1.165) is 12.2 Å². The molecule has 1 atom stereocenters. The lowest BCUT2D eigenvalue weighted by molar-refractivity contribution is 0.184. The number of hydrogen-bond donors (Lipinski definition) is 1. The molecule has 0 saturated heterocycles. The summed E-state index contributed by atoms with van der Waals surface area (Å²) < 4.78 is 5.07. The van der Waals surface area contributed by atoms with E-state index in [1.54, 1.807) is 13.2 Å². The molecule has 0 aliphatic heterocycles. The summed E-state index contributed by atoms with van der Waals surface area (Å²) in [5.41, 5.74) is 0. The van der Waals surface area contributed by atoms with E-state index >= 15 is 0 Å². The number of ether oxygens (including phenoxy) is 1. The minimum Gasteiger partial charge on any atom is -0.383 e. The Morgan fingerprint density at radius 2 is 2.36 bits per heavy atom. The van der Waals surface area contributed by atoms with E-state index < -0.39 is 0 Å². The molecule has 4 heteroatoms. The van der Waals surface area contributed by atoms with Crippen molar-refractivity contribution in [2.45, 2.75) is 19.4 Å². The van der Waals surface area contributed by atoms with Gasteiger partial charge in [-0.1, -0.05) is 24.6 Å². The molecular formula is C10H15ClN2O. The Balaban J connectivity index is 2.57. The van der Waals surface area contributed by atoms with Gasteiger partial charge in [-0.05, 0) is 18.6 Å². The minimum absolute atomic E-state index is 0.283. The van der Waals surface area contributed by atoms with Crippen LogP contribution in [0.4, 0.5) is 5.82 Å². The first-order valence-electron chi connectivity index (χ1n) is 4.64. The highest BCUT2D eigenvalue weighted by Gasteiger charge is 2.05. The van der Waals surface area contributed by atoms with Crippen molar-refractivity contribution in [3.63, 3.8) is 0 Å². The molecule has 0 fully saturated rings. The van der Waals surface area contributed by atoms with E-state index in [-0.39, 0.29) is 6.04 Å². The Bertz CT molecular complexity index is 281. The molecule has 0 aromatic carbocycles. The van der Waals surface area contributed by atoms with Gasteiger partial charge in [0.25, 0.3) is 0 Å². The van der Waals surface area contributed by atoms with Gasteiger partial charge in [0.1, 0.15) is 11.0 Å². The SMILES string of the molecule is CCC(COC)Nc1cccc(Cl)n1. The first-order chi connectivity index (χ1) is 6.76. The number of nitrogens with zero attached hydrogens (tertiary/aromatic N) is 1. The number of rotatable bonds is 5. The first-order valence-corrected chi connectivity index (χ1v) is 5.02. The van der Waals surface area contributed by atoms with Crippen LogP contribution in [0.3, 0.4) is 0 Å². The smallest absolute Gasteiger partial charge is 0.131 e. The lowest BCUT2D eigenvalue weighted by Crippen LogP contribution is -2.24. The van der Waals surface area contributed by atoms with Crippen molar-refractivity contribution in [3.8, 4) is 0 Å². The lowest BCUT2D eigenvalue weighted by atomic mass is 10.2. The van der Waals surface area contributed by atoms with Gasteiger partial charge in [0.05, 0.1) is 12.6 Å². The quantitative estimate of drug-likeness (QED) is 0.765. The Morgan fingerprint density at radius 3 is 2.93 bits per heavy atom. The second-order valence-electron chi connectivity index (χ2n) is 3.05. The van der Waals surface area contributed by atoms with Gasteiger partial charge in [-0.2, -0.15) is 0 Å².